The molecule has 1 aliphatic heterocycles. The summed E-state index contributed by atoms with van der Waals surface area (Å²) >= 11 is 0. The van der Waals surface area contributed by atoms with Gasteiger partial charge in [-0.25, -0.2) is 4.98 Å². The third-order valence-electron chi connectivity index (χ3n) is 7.63. The van der Waals surface area contributed by atoms with E-state index in [1.807, 2.05) is 30.7 Å². The predicted octanol–water partition coefficient (Wildman–Crippen LogP) is 3.34. The maximum atomic E-state index is 8.91. The molecule has 39 heavy (non-hydrogen) atoms. The summed E-state index contributed by atoms with van der Waals surface area (Å²) < 4.78 is 13.2. The average molecular weight is 533 g/mol. The van der Waals surface area contributed by atoms with Crippen molar-refractivity contribution in [1.82, 2.24) is 29.4 Å². The van der Waals surface area contributed by atoms with Crippen molar-refractivity contribution in [3.63, 3.8) is 0 Å². The van der Waals surface area contributed by atoms with Gasteiger partial charge in [-0.3, -0.25) is 9.88 Å². The second kappa shape index (κ2) is 12.1. The second-order valence-electron chi connectivity index (χ2n) is 10.2. The van der Waals surface area contributed by atoms with E-state index in [0.29, 0.717) is 25.8 Å². The molecule has 0 spiro atoms. The summed E-state index contributed by atoms with van der Waals surface area (Å²) in [4.78, 5) is 24.0. The van der Waals surface area contributed by atoms with Crippen molar-refractivity contribution < 1.29 is 14.3 Å². The van der Waals surface area contributed by atoms with Crippen LogP contribution in [0.25, 0.3) is 22.6 Å². The number of imidazole rings is 1. The lowest BCUT2D eigenvalue weighted by atomic mass is 10.2. The third kappa shape index (κ3) is 5.90. The van der Waals surface area contributed by atoms with Crippen molar-refractivity contribution in [3.05, 3.63) is 48.6 Å². The van der Waals surface area contributed by atoms with Crippen LogP contribution < -0.4 is 10.2 Å². The summed E-state index contributed by atoms with van der Waals surface area (Å²) in [5.41, 5.74) is 3.57. The molecular weight excluding hydrogens is 496 g/mol. The van der Waals surface area contributed by atoms with Crippen LogP contribution in [-0.4, -0.2) is 87.1 Å². The Morgan fingerprint density at radius 3 is 2.64 bits per heavy atom. The molecule has 11 heteroatoms. The van der Waals surface area contributed by atoms with Gasteiger partial charge in [0.2, 0.25) is 5.95 Å². The number of hydrogen-bond acceptors (Lipinski definition) is 10. The predicted molar refractivity (Wildman–Crippen MR) is 149 cm³/mol. The highest BCUT2D eigenvalue weighted by Crippen LogP contribution is 2.33. The van der Waals surface area contributed by atoms with Crippen molar-refractivity contribution in [1.29, 1.82) is 0 Å². The first-order chi connectivity index (χ1) is 19.3. The second-order valence-corrected chi connectivity index (χ2v) is 10.2. The molecule has 1 saturated heterocycles. The summed E-state index contributed by atoms with van der Waals surface area (Å²) in [6, 6.07) is 8.24. The number of piperazine rings is 1. The molecule has 6 rings (SSSR count). The zero-order chi connectivity index (χ0) is 26.4. The van der Waals surface area contributed by atoms with Crippen LogP contribution in [-0.2, 0) is 11.3 Å². The first-order valence-corrected chi connectivity index (χ1v) is 13.9. The highest BCUT2D eigenvalue weighted by atomic mass is 16.5. The smallest absolute Gasteiger partial charge is 0.229 e. The molecule has 0 bridgehead atoms. The summed E-state index contributed by atoms with van der Waals surface area (Å²) in [5.74, 6) is 2.25. The van der Waals surface area contributed by atoms with Crippen LogP contribution in [0.15, 0.2) is 47.5 Å². The summed E-state index contributed by atoms with van der Waals surface area (Å²) in [5, 5.41) is 12.4. The molecule has 0 aromatic carbocycles. The van der Waals surface area contributed by atoms with E-state index in [4.69, 9.17) is 29.2 Å². The van der Waals surface area contributed by atoms with Crippen LogP contribution >= 0.6 is 0 Å². The molecule has 1 saturated carbocycles. The van der Waals surface area contributed by atoms with Crippen LogP contribution in [0.1, 0.15) is 37.3 Å². The van der Waals surface area contributed by atoms with E-state index in [1.54, 1.807) is 6.26 Å². The van der Waals surface area contributed by atoms with E-state index in [0.717, 1.165) is 85.5 Å². The fourth-order valence-corrected chi connectivity index (χ4v) is 5.44. The van der Waals surface area contributed by atoms with E-state index in [-0.39, 0.29) is 6.61 Å². The van der Waals surface area contributed by atoms with E-state index in [9.17, 15) is 0 Å². The Labute approximate surface area is 227 Å². The van der Waals surface area contributed by atoms with Crippen molar-refractivity contribution in [2.24, 2.45) is 0 Å². The monoisotopic (exact) mass is 532 g/mol. The Morgan fingerprint density at radius 1 is 1.03 bits per heavy atom. The van der Waals surface area contributed by atoms with Crippen LogP contribution in [0.2, 0.25) is 0 Å². The van der Waals surface area contributed by atoms with Gasteiger partial charge < -0.3 is 29.0 Å². The lowest BCUT2D eigenvalue weighted by Crippen LogP contribution is -2.48. The van der Waals surface area contributed by atoms with Gasteiger partial charge in [0.05, 0.1) is 32.4 Å². The van der Waals surface area contributed by atoms with Gasteiger partial charge in [0.15, 0.2) is 22.7 Å². The normalized spacial score (nSPS) is 16.9. The minimum atomic E-state index is 0.0637. The summed E-state index contributed by atoms with van der Waals surface area (Å²) in [6.45, 7) is 6.06. The van der Waals surface area contributed by atoms with Gasteiger partial charge in [0.25, 0.3) is 0 Å². The average Bonchev–Trinajstić information content (AvgIpc) is 3.77. The number of ether oxygens (including phenoxy) is 1. The fourth-order valence-electron chi connectivity index (χ4n) is 5.44. The number of fused-ring (bicyclic) bond motifs is 1. The lowest BCUT2D eigenvalue weighted by Gasteiger charge is -2.34. The third-order valence-corrected chi connectivity index (χ3v) is 7.63. The minimum absolute atomic E-state index is 0.0637. The molecule has 2 N–H and O–H groups in total. The van der Waals surface area contributed by atoms with Crippen molar-refractivity contribution in [2.75, 3.05) is 62.8 Å². The molecule has 4 aromatic rings. The van der Waals surface area contributed by atoms with E-state index in [2.05, 4.69) is 30.7 Å². The highest BCUT2D eigenvalue weighted by Gasteiger charge is 2.25. The van der Waals surface area contributed by atoms with Gasteiger partial charge in [-0.15, -0.1) is 0 Å². The maximum Gasteiger partial charge on any atom is 0.229 e. The molecular formula is C28H36N8O3. The van der Waals surface area contributed by atoms with Gasteiger partial charge in [0.1, 0.15) is 5.69 Å². The Kier molecular flexibility index (Phi) is 7.98. The highest BCUT2D eigenvalue weighted by molar-refractivity contribution is 5.84. The fraction of sp³-hybridized carbons (Fsp3) is 0.500. The molecule has 5 heterocycles. The maximum absolute atomic E-state index is 8.91. The largest absolute Gasteiger partial charge is 0.463 e. The summed E-state index contributed by atoms with van der Waals surface area (Å²) in [6.07, 6.45) is 10.3. The molecule has 0 amide bonds. The summed E-state index contributed by atoms with van der Waals surface area (Å²) in [7, 11) is 0. The number of nitrogens with one attached hydrogen (secondary N) is 1. The van der Waals surface area contributed by atoms with Crippen LogP contribution in [0, 0.1) is 0 Å². The van der Waals surface area contributed by atoms with E-state index >= 15 is 0 Å². The van der Waals surface area contributed by atoms with Crippen LogP contribution in [0.5, 0.6) is 0 Å². The molecule has 1 aliphatic carbocycles. The van der Waals surface area contributed by atoms with Crippen LogP contribution in [0.3, 0.4) is 0 Å². The standard InChI is InChI=1S/C28H36N8O3/c37-14-17-38-16-13-34-9-11-35(12-10-34)28-32-26(25-27(33-28)36(20-31-25)22-4-1-2-5-22)30-19-21-7-8-23(29-18-21)24-6-3-15-39-24/h3,6-8,15,18,20,22,37H,1-2,4-5,9-14,16-17,19H2,(H,30,32,33). The van der Waals surface area contributed by atoms with E-state index in [1.165, 1.54) is 12.8 Å². The SMILES string of the molecule is OCCOCCN1CCN(c2nc(NCc3ccc(-c4ccco4)nc3)c3ncn(C4CCCC4)c3n2)CC1. The number of hydrogen-bond donors (Lipinski definition) is 2. The Balaban J connectivity index is 1.20. The quantitative estimate of drug-likeness (QED) is 0.279. The van der Waals surface area contributed by atoms with Crippen molar-refractivity contribution in [2.45, 2.75) is 38.3 Å². The van der Waals surface area contributed by atoms with Gasteiger partial charge in [0, 0.05) is 51.5 Å². The zero-order valence-corrected chi connectivity index (χ0v) is 22.2. The minimum Gasteiger partial charge on any atom is -0.463 e. The van der Waals surface area contributed by atoms with E-state index < -0.39 is 0 Å². The molecule has 4 aromatic heterocycles. The van der Waals surface area contributed by atoms with Crippen LogP contribution in [0.4, 0.5) is 11.8 Å². The number of anilines is 2. The van der Waals surface area contributed by atoms with Gasteiger partial charge in [-0.05, 0) is 36.6 Å². The number of aliphatic hydroxyl groups excluding tert-OH is 1. The molecule has 2 fully saturated rings. The topological polar surface area (TPSA) is 118 Å². The molecule has 0 atom stereocenters. The lowest BCUT2D eigenvalue weighted by molar-refractivity contribution is 0.0724. The Hall–Kier alpha value is -3.54. The van der Waals surface area contributed by atoms with Gasteiger partial charge >= 0.3 is 0 Å². The number of rotatable bonds is 11. The van der Waals surface area contributed by atoms with Crippen molar-refractivity contribution >= 4 is 22.9 Å². The number of aromatic nitrogens is 5. The molecule has 11 nitrogen and oxygen atoms in total. The Bertz CT molecular complexity index is 1330. The zero-order valence-electron chi connectivity index (χ0n) is 22.2. The first kappa shape index (κ1) is 25.7. The molecule has 0 radical (unpaired) electrons. The molecule has 206 valence electrons. The van der Waals surface area contributed by atoms with Crippen molar-refractivity contribution in [3.8, 4) is 11.5 Å². The van der Waals surface area contributed by atoms with Gasteiger partial charge in [-0.1, -0.05) is 18.9 Å². The first-order valence-electron chi connectivity index (χ1n) is 13.9. The number of furan rings is 1. The molecule has 0 unspecified atom stereocenters. The number of nitrogens with zero attached hydrogens (tertiary/aromatic N) is 7. The molecule has 2 aliphatic rings. The van der Waals surface area contributed by atoms with Gasteiger partial charge in [-0.2, -0.15) is 9.97 Å². The Morgan fingerprint density at radius 2 is 1.90 bits per heavy atom. The number of aliphatic hydroxyl groups is 1. The number of pyridine rings is 1.